The Hall–Kier alpha value is -3.81. The van der Waals surface area contributed by atoms with Crippen LogP contribution in [0.5, 0.6) is 0 Å². The van der Waals surface area contributed by atoms with E-state index < -0.39 is 4.92 Å². The standard InChI is InChI=1S/C19H16N4O4/c1-22(13-17-20-19(21-27-17)15-5-3-2-4-6-15)18(24)12-9-14-7-10-16(11-8-14)23(25)26/h2-12H,13H2,1H3/b12-9+. The fourth-order valence-electron chi connectivity index (χ4n) is 2.31. The van der Waals surface area contributed by atoms with Crippen LogP contribution in [0.3, 0.4) is 0 Å². The fourth-order valence-corrected chi connectivity index (χ4v) is 2.31. The number of carbonyl (C=O) groups is 1. The van der Waals surface area contributed by atoms with E-state index in [1.807, 2.05) is 30.3 Å². The van der Waals surface area contributed by atoms with Gasteiger partial charge in [-0.3, -0.25) is 14.9 Å². The lowest BCUT2D eigenvalue weighted by atomic mass is 10.2. The molecular formula is C19H16N4O4. The normalized spacial score (nSPS) is 10.9. The molecule has 0 fully saturated rings. The van der Waals surface area contributed by atoms with E-state index in [9.17, 15) is 14.9 Å². The van der Waals surface area contributed by atoms with E-state index in [2.05, 4.69) is 10.1 Å². The van der Waals surface area contributed by atoms with Crippen LogP contribution in [0, 0.1) is 10.1 Å². The molecule has 3 aromatic rings. The van der Waals surface area contributed by atoms with E-state index in [0.29, 0.717) is 17.3 Å². The van der Waals surface area contributed by atoms with Gasteiger partial charge in [0.05, 0.1) is 11.5 Å². The minimum atomic E-state index is -0.472. The van der Waals surface area contributed by atoms with E-state index in [0.717, 1.165) is 5.56 Å². The number of hydrogen-bond donors (Lipinski definition) is 0. The van der Waals surface area contributed by atoms with Crippen molar-refractivity contribution in [2.75, 3.05) is 7.05 Å². The first-order valence-electron chi connectivity index (χ1n) is 8.08. The molecule has 0 aliphatic carbocycles. The molecule has 1 heterocycles. The van der Waals surface area contributed by atoms with Crippen LogP contribution in [-0.2, 0) is 11.3 Å². The Balaban J connectivity index is 1.60. The van der Waals surface area contributed by atoms with Crippen LogP contribution < -0.4 is 0 Å². The molecule has 136 valence electrons. The molecule has 3 rings (SSSR count). The summed E-state index contributed by atoms with van der Waals surface area (Å²) in [7, 11) is 1.62. The number of hydrogen-bond acceptors (Lipinski definition) is 6. The Labute approximate surface area is 154 Å². The molecule has 1 amide bonds. The average molecular weight is 364 g/mol. The van der Waals surface area contributed by atoms with Gasteiger partial charge in [-0.15, -0.1) is 0 Å². The van der Waals surface area contributed by atoms with E-state index in [1.165, 1.54) is 23.1 Å². The highest BCUT2D eigenvalue weighted by molar-refractivity contribution is 5.91. The quantitative estimate of drug-likeness (QED) is 0.378. The largest absolute Gasteiger partial charge is 0.337 e. The number of aromatic nitrogens is 2. The molecule has 0 radical (unpaired) electrons. The third kappa shape index (κ3) is 4.63. The summed E-state index contributed by atoms with van der Waals surface area (Å²) in [6.45, 7) is 0.170. The summed E-state index contributed by atoms with van der Waals surface area (Å²) in [5.41, 5.74) is 1.52. The lowest BCUT2D eigenvalue weighted by Gasteiger charge is -2.11. The fraction of sp³-hybridized carbons (Fsp3) is 0.105. The molecule has 0 saturated carbocycles. The van der Waals surface area contributed by atoms with Gasteiger partial charge in [0.25, 0.3) is 5.69 Å². The maximum atomic E-state index is 12.2. The molecule has 0 bridgehead atoms. The predicted octanol–water partition coefficient (Wildman–Crippen LogP) is 3.32. The number of likely N-dealkylation sites (N-methyl/N-ethyl adjacent to an activating group) is 1. The van der Waals surface area contributed by atoms with Gasteiger partial charge in [-0.05, 0) is 23.8 Å². The zero-order valence-corrected chi connectivity index (χ0v) is 14.5. The second kappa shape index (κ2) is 8.05. The van der Waals surface area contributed by atoms with Crippen molar-refractivity contribution in [1.29, 1.82) is 0 Å². The Morgan fingerprint density at radius 3 is 2.56 bits per heavy atom. The highest BCUT2D eigenvalue weighted by atomic mass is 16.6. The van der Waals surface area contributed by atoms with Gasteiger partial charge < -0.3 is 9.42 Å². The monoisotopic (exact) mass is 364 g/mol. The number of benzene rings is 2. The summed E-state index contributed by atoms with van der Waals surface area (Å²) in [6.07, 6.45) is 2.97. The summed E-state index contributed by atoms with van der Waals surface area (Å²) in [6, 6.07) is 15.3. The highest BCUT2D eigenvalue weighted by Crippen LogP contribution is 2.16. The van der Waals surface area contributed by atoms with Gasteiger partial charge in [-0.1, -0.05) is 35.5 Å². The molecule has 8 nitrogen and oxygen atoms in total. The van der Waals surface area contributed by atoms with Crippen molar-refractivity contribution >= 4 is 17.7 Å². The third-order valence-corrected chi connectivity index (χ3v) is 3.77. The first-order valence-corrected chi connectivity index (χ1v) is 8.08. The SMILES string of the molecule is CN(Cc1nc(-c2ccccc2)no1)C(=O)/C=C/c1ccc([N+](=O)[O-])cc1. The summed E-state index contributed by atoms with van der Waals surface area (Å²) >= 11 is 0. The first-order chi connectivity index (χ1) is 13.0. The summed E-state index contributed by atoms with van der Waals surface area (Å²) in [4.78, 5) is 28.1. The van der Waals surface area contributed by atoms with Gasteiger partial charge in [-0.2, -0.15) is 4.98 Å². The molecule has 0 N–H and O–H groups in total. The number of non-ortho nitro benzene ring substituents is 1. The molecular weight excluding hydrogens is 348 g/mol. The molecule has 0 aliphatic heterocycles. The Kier molecular flexibility index (Phi) is 5.36. The molecule has 27 heavy (non-hydrogen) atoms. The van der Waals surface area contributed by atoms with E-state index in [1.54, 1.807) is 25.3 Å². The van der Waals surface area contributed by atoms with Gasteiger partial charge in [0, 0.05) is 30.8 Å². The molecule has 1 aromatic heterocycles. The maximum absolute atomic E-state index is 12.2. The van der Waals surface area contributed by atoms with E-state index in [-0.39, 0.29) is 18.1 Å². The number of nitro benzene ring substituents is 1. The first kappa shape index (κ1) is 18.0. The van der Waals surface area contributed by atoms with Gasteiger partial charge in [0.1, 0.15) is 0 Å². The van der Waals surface area contributed by atoms with Crippen LogP contribution in [0.4, 0.5) is 5.69 Å². The predicted molar refractivity (Wildman–Crippen MR) is 98.3 cm³/mol. The van der Waals surface area contributed by atoms with Crippen molar-refractivity contribution in [3.63, 3.8) is 0 Å². The Bertz CT molecular complexity index is 965. The van der Waals surface area contributed by atoms with Gasteiger partial charge in [-0.25, -0.2) is 0 Å². The van der Waals surface area contributed by atoms with Crippen LogP contribution in [0.2, 0.25) is 0 Å². The second-order valence-corrected chi connectivity index (χ2v) is 5.75. The minimum Gasteiger partial charge on any atom is -0.337 e. The summed E-state index contributed by atoms with van der Waals surface area (Å²) in [5, 5.41) is 14.6. The Morgan fingerprint density at radius 2 is 1.89 bits per heavy atom. The van der Waals surface area contributed by atoms with Gasteiger partial charge in [0.15, 0.2) is 0 Å². The zero-order chi connectivity index (χ0) is 19.2. The van der Waals surface area contributed by atoms with Crippen LogP contribution in [0.25, 0.3) is 17.5 Å². The summed E-state index contributed by atoms with van der Waals surface area (Å²) in [5.74, 6) is 0.536. The van der Waals surface area contributed by atoms with Crippen molar-refractivity contribution in [2.24, 2.45) is 0 Å². The van der Waals surface area contributed by atoms with Crippen molar-refractivity contribution in [1.82, 2.24) is 15.0 Å². The smallest absolute Gasteiger partial charge is 0.269 e. The topological polar surface area (TPSA) is 102 Å². The number of rotatable bonds is 6. The molecule has 0 spiro atoms. The van der Waals surface area contributed by atoms with Crippen molar-refractivity contribution in [2.45, 2.75) is 6.54 Å². The lowest BCUT2D eigenvalue weighted by Crippen LogP contribution is -2.24. The molecule has 2 aromatic carbocycles. The molecule has 0 aliphatic rings. The summed E-state index contributed by atoms with van der Waals surface area (Å²) < 4.78 is 5.20. The van der Waals surface area contributed by atoms with E-state index >= 15 is 0 Å². The van der Waals surface area contributed by atoms with Crippen molar-refractivity contribution in [3.8, 4) is 11.4 Å². The number of carbonyl (C=O) groups excluding carboxylic acids is 1. The van der Waals surface area contributed by atoms with Gasteiger partial charge in [0.2, 0.25) is 17.6 Å². The molecule has 0 saturated heterocycles. The van der Waals surface area contributed by atoms with Crippen LogP contribution in [0.15, 0.2) is 65.2 Å². The van der Waals surface area contributed by atoms with Crippen LogP contribution >= 0.6 is 0 Å². The molecule has 0 atom stereocenters. The van der Waals surface area contributed by atoms with Crippen LogP contribution in [-0.4, -0.2) is 32.9 Å². The number of nitro groups is 1. The molecule has 0 unspecified atom stereocenters. The van der Waals surface area contributed by atoms with E-state index in [4.69, 9.17) is 4.52 Å². The number of nitrogens with zero attached hydrogens (tertiary/aromatic N) is 4. The van der Waals surface area contributed by atoms with Crippen molar-refractivity contribution < 1.29 is 14.2 Å². The molecule has 8 heteroatoms. The lowest BCUT2D eigenvalue weighted by molar-refractivity contribution is -0.384. The Morgan fingerprint density at radius 1 is 1.19 bits per heavy atom. The van der Waals surface area contributed by atoms with Crippen molar-refractivity contribution in [3.05, 3.63) is 82.2 Å². The van der Waals surface area contributed by atoms with Gasteiger partial charge >= 0.3 is 0 Å². The average Bonchev–Trinajstić information content (AvgIpc) is 3.15. The highest BCUT2D eigenvalue weighted by Gasteiger charge is 2.13. The zero-order valence-electron chi connectivity index (χ0n) is 14.5. The third-order valence-electron chi connectivity index (χ3n) is 3.77. The number of amides is 1. The second-order valence-electron chi connectivity index (χ2n) is 5.75. The maximum Gasteiger partial charge on any atom is 0.269 e. The minimum absolute atomic E-state index is 0.00112. The van der Waals surface area contributed by atoms with Crippen LogP contribution in [0.1, 0.15) is 11.5 Å².